The van der Waals surface area contributed by atoms with E-state index < -0.39 is 6.09 Å². The first-order chi connectivity index (χ1) is 15.7. The van der Waals surface area contributed by atoms with E-state index in [-0.39, 0.29) is 6.61 Å². The molecule has 160 valence electrons. The third-order valence-corrected chi connectivity index (χ3v) is 5.72. The van der Waals surface area contributed by atoms with Gasteiger partial charge in [-0.3, -0.25) is 0 Å². The minimum Gasteiger partial charge on any atom is -0.447 e. The Bertz CT molecular complexity index is 1200. The van der Waals surface area contributed by atoms with Gasteiger partial charge in [-0.1, -0.05) is 90.5 Å². The number of thiazole rings is 1. The van der Waals surface area contributed by atoms with Crippen LogP contribution in [0.1, 0.15) is 11.1 Å². The van der Waals surface area contributed by atoms with Crippen LogP contribution >= 0.6 is 22.9 Å². The number of anilines is 1. The lowest BCUT2D eigenvalue weighted by Gasteiger charge is -2.14. The van der Waals surface area contributed by atoms with Gasteiger partial charge in [-0.05, 0) is 17.2 Å². The molecular weight excluding hydrogens is 442 g/mol. The van der Waals surface area contributed by atoms with Gasteiger partial charge in [0.05, 0.1) is 18.5 Å². The zero-order valence-corrected chi connectivity index (χ0v) is 18.7. The van der Waals surface area contributed by atoms with E-state index >= 15 is 0 Å². The fraction of sp³-hybridized carbons (Fsp3) is 0.0800. The molecule has 5 nitrogen and oxygen atoms in total. The molecule has 7 heteroatoms. The number of ether oxygens (including phenoxy) is 1. The number of benzene rings is 3. The van der Waals surface area contributed by atoms with Crippen LogP contribution in [0.5, 0.6) is 0 Å². The molecule has 1 heterocycles. The van der Waals surface area contributed by atoms with Gasteiger partial charge >= 0.3 is 6.09 Å². The van der Waals surface area contributed by atoms with E-state index in [1.807, 2.05) is 84.2 Å². The number of hydrazone groups is 1. The molecule has 1 aromatic heterocycles. The maximum absolute atomic E-state index is 12.9. The number of nitrogens with zero attached hydrogens (tertiary/aromatic N) is 3. The lowest BCUT2D eigenvalue weighted by Crippen LogP contribution is -2.27. The van der Waals surface area contributed by atoms with Crippen molar-refractivity contribution in [1.82, 2.24) is 4.98 Å². The molecular formula is C25H20ClN3O2S. The third kappa shape index (κ3) is 5.60. The van der Waals surface area contributed by atoms with Crippen LogP contribution in [0.25, 0.3) is 11.3 Å². The third-order valence-electron chi connectivity index (χ3n) is 4.58. The van der Waals surface area contributed by atoms with Crippen molar-refractivity contribution in [3.8, 4) is 11.3 Å². The highest BCUT2D eigenvalue weighted by Gasteiger charge is 2.21. The van der Waals surface area contributed by atoms with E-state index in [9.17, 15) is 4.79 Å². The average molecular weight is 462 g/mol. The van der Waals surface area contributed by atoms with Crippen molar-refractivity contribution in [2.75, 3.05) is 11.6 Å². The summed E-state index contributed by atoms with van der Waals surface area (Å²) in [5.41, 5.74) is 3.42. The number of halogens is 1. The van der Waals surface area contributed by atoms with E-state index in [2.05, 4.69) is 10.1 Å². The highest BCUT2D eigenvalue weighted by atomic mass is 35.5. The smallest absolute Gasteiger partial charge is 0.437 e. The first-order valence-corrected chi connectivity index (χ1v) is 11.3. The van der Waals surface area contributed by atoms with Gasteiger partial charge in [0.2, 0.25) is 5.13 Å². The monoisotopic (exact) mass is 461 g/mol. The predicted molar refractivity (Wildman–Crippen MR) is 131 cm³/mol. The number of hydrogen-bond acceptors (Lipinski definition) is 5. The predicted octanol–water partition coefficient (Wildman–Crippen LogP) is 6.68. The molecule has 0 unspecified atom stereocenters. The number of aromatic nitrogens is 1. The van der Waals surface area contributed by atoms with Crippen LogP contribution in [0.4, 0.5) is 9.93 Å². The summed E-state index contributed by atoms with van der Waals surface area (Å²) in [5.74, 6) is 0. The molecule has 0 aliphatic heterocycles. The molecule has 0 bridgehead atoms. The number of carbonyl (C=O) groups is 1. The van der Waals surface area contributed by atoms with Crippen LogP contribution < -0.4 is 5.01 Å². The average Bonchev–Trinajstić information content (AvgIpc) is 3.30. The Morgan fingerprint density at radius 2 is 1.69 bits per heavy atom. The molecule has 0 spiro atoms. The molecule has 0 radical (unpaired) electrons. The van der Waals surface area contributed by atoms with E-state index in [4.69, 9.17) is 16.3 Å². The summed E-state index contributed by atoms with van der Waals surface area (Å²) in [6.45, 7) is 0.239. The Labute approximate surface area is 195 Å². The van der Waals surface area contributed by atoms with Crippen molar-refractivity contribution in [2.24, 2.45) is 5.10 Å². The zero-order valence-electron chi connectivity index (χ0n) is 17.1. The molecule has 0 fully saturated rings. The summed E-state index contributed by atoms with van der Waals surface area (Å²) >= 11 is 7.60. The standard InChI is InChI=1S/C25H20ClN3O2S/c26-22-14-8-7-13-21(22)23-18-32-24(28-23)29(27-17-20-11-5-2-6-12-20)25(30)31-16-15-19-9-3-1-4-10-19/h1-14,17-18H,15-16H2/b27-17+. The molecule has 4 rings (SSSR count). The highest BCUT2D eigenvalue weighted by Crippen LogP contribution is 2.32. The first kappa shape index (κ1) is 21.7. The molecule has 3 aromatic carbocycles. The quantitative estimate of drug-likeness (QED) is 0.228. The summed E-state index contributed by atoms with van der Waals surface area (Å²) in [4.78, 5) is 17.5. The summed E-state index contributed by atoms with van der Waals surface area (Å²) < 4.78 is 5.50. The van der Waals surface area contributed by atoms with Crippen LogP contribution in [0, 0.1) is 0 Å². The second-order valence-corrected chi connectivity index (χ2v) is 8.06. The Morgan fingerprint density at radius 3 is 2.44 bits per heavy atom. The van der Waals surface area contributed by atoms with Crippen molar-refractivity contribution in [1.29, 1.82) is 0 Å². The Balaban J connectivity index is 1.54. The van der Waals surface area contributed by atoms with Gasteiger partial charge in [0.15, 0.2) is 0 Å². The van der Waals surface area contributed by atoms with E-state index in [0.29, 0.717) is 22.3 Å². The number of carbonyl (C=O) groups excluding carboxylic acids is 1. The SMILES string of the molecule is O=C(OCCc1ccccc1)N(/N=C/c1ccccc1)c1nc(-c2ccccc2Cl)cs1. The largest absolute Gasteiger partial charge is 0.447 e. The van der Waals surface area contributed by atoms with Gasteiger partial charge in [-0.15, -0.1) is 16.3 Å². The molecule has 0 aliphatic carbocycles. The molecule has 0 atom stereocenters. The van der Waals surface area contributed by atoms with Crippen LogP contribution in [-0.2, 0) is 11.2 Å². The molecule has 0 aliphatic rings. The summed E-state index contributed by atoms with van der Waals surface area (Å²) in [6.07, 6.45) is 1.63. The summed E-state index contributed by atoms with van der Waals surface area (Å²) in [6, 6.07) is 26.8. The highest BCUT2D eigenvalue weighted by molar-refractivity contribution is 7.14. The lowest BCUT2D eigenvalue weighted by molar-refractivity contribution is 0.155. The fourth-order valence-corrected chi connectivity index (χ4v) is 3.96. The Kier molecular flexibility index (Phi) is 7.27. The minimum atomic E-state index is -0.590. The van der Waals surface area contributed by atoms with E-state index in [0.717, 1.165) is 16.7 Å². The molecule has 1 amide bonds. The lowest BCUT2D eigenvalue weighted by atomic mass is 10.2. The Morgan fingerprint density at radius 1 is 1.00 bits per heavy atom. The summed E-state index contributed by atoms with van der Waals surface area (Å²) in [5, 5.41) is 8.39. The second-order valence-electron chi connectivity index (χ2n) is 6.81. The number of rotatable bonds is 7. The van der Waals surface area contributed by atoms with Crippen LogP contribution in [0.3, 0.4) is 0 Å². The maximum Gasteiger partial charge on any atom is 0.437 e. The van der Waals surface area contributed by atoms with Crippen LogP contribution in [0.15, 0.2) is 95.4 Å². The van der Waals surface area contributed by atoms with Gasteiger partial charge in [-0.2, -0.15) is 5.10 Å². The van der Waals surface area contributed by atoms with Gasteiger partial charge in [0.1, 0.15) is 0 Å². The number of amides is 1. The maximum atomic E-state index is 12.9. The number of hydrogen-bond donors (Lipinski definition) is 0. The van der Waals surface area contributed by atoms with Gasteiger partial charge in [0.25, 0.3) is 0 Å². The molecule has 0 saturated heterocycles. The van der Waals surface area contributed by atoms with Crippen molar-refractivity contribution in [3.63, 3.8) is 0 Å². The van der Waals surface area contributed by atoms with Crippen molar-refractivity contribution in [3.05, 3.63) is 106 Å². The van der Waals surface area contributed by atoms with Crippen molar-refractivity contribution < 1.29 is 9.53 Å². The normalized spacial score (nSPS) is 10.9. The van der Waals surface area contributed by atoms with E-state index in [1.165, 1.54) is 16.3 Å². The topological polar surface area (TPSA) is 54.8 Å². The van der Waals surface area contributed by atoms with Crippen LogP contribution in [0.2, 0.25) is 5.02 Å². The zero-order chi connectivity index (χ0) is 22.2. The molecule has 4 aromatic rings. The first-order valence-electron chi connectivity index (χ1n) is 10.0. The van der Waals surface area contributed by atoms with Gasteiger partial charge < -0.3 is 4.74 Å². The molecule has 32 heavy (non-hydrogen) atoms. The minimum absolute atomic E-state index is 0.239. The van der Waals surface area contributed by atoms with Crippen molar-refractivity contribution in [2.45, 2.75) is 6.42 Å². The van der Waals surface area contributed by atoms with E-state index in [1.54, 1.807) is 12.3 Å². The fourth-order valence-electron chi connectivity index (χ4n) is 2.95. The summed E-state index contributed by atoms with van der Waals surface area (Å²) in [7, 11) is 0. The molecule has 0 N–H and O–H groups in total. The second kappa shape index (κ2) is 10.7. The Hall–Kier alpha value is -3.48. The van der Waals surface area contributed by atoms with Gasteiger partial charge in [0, 0.05) is 22.4 Å². The van der Waals surface area contributed by atoms with Crippen molar-refractivity contribution >= 4 is 40.4 Å². The molecule has 0 saturated carbocycles. The van der Waals surface area contributed by atoms with Gasteiger partial charge in [-0.25, -0.2) is 9.78 Å². The van der Waals surface area contributed by atoms with Crippen LogP contribution in [-0.4, -0.2) is 23.9 Å².